The van der Waals surface area contributed by atoms with E-state index >= 15 is 0 Å². The first-order valence-corrected chi connectivity index (χ1v) is 9.87. The highest BCUT2D eigenvalue weighted by atomic mass is 19.1. The number of hydrogen-bond acceptors (Lipinski definition) is 3. The Morgan fingerprint density at radius 1 is 1.11 bits per heavy atom. The molecule has 0 bridgehead atoms. The Bertz CT molecular complexity index is 918. The van der Waals surface area contributed by atoms with Gasteiger partial charge in [-0.25, -0.2) is 9.07 Å². The van der Waals surface area contributed by atoms with Crippen molar-refractivity contribution < 1.29 is 9.50 Å². The molecular formula is C23H26FN3O. The van der Waals surface area contributed by atoms with Crippen molar-refractivity contribution in [3.8, 4) is 16.9 Å². The Kier molecular flexibility index (Phi) is 5.55. The van der Waals surface area contributed by atoms with Gasteiger partial charge in [-0.15, -0.1) is 0 Å². The van der Waals surface area contributed by atoms with E-state index < -0.39 is 0 Å². The Morgan fingerprint density at radius 2 is 1.86 bits per heavy atom. The van der Waals surface area contributed by atoms with Gasteiger partial charge in [-0.05, 0) is 68.6 Å². The molecule has 1 aliphatic heterocycles. The Morgan fingerprint density at radius 3 is 2.57 bits per heavy atom. The van der Waals surface area contributed by atoms with E-state index in [4.69, 9.17) is 5.10 Å². The molecule has 4 rings (SSSR count). The molecule has 1 saturated heterocycles. The summed E-state index contributed by atoms with van der Waals surface area (Å²) in [6, 6.07) is 14.8. The van der Waals surface area contributed by atoms with E-state index in [-0.39, 0.29) is 12.4 Å². The normalized spacial score (nSPS) is 17.8. The smallest absolute Gasteiger partial charge is 0.123 e. The molecule has 28 heavy (non-hydrogen) atoms. The number of piperidine rings is 1. The van der Waals surface area contributed by atoms with Crippen LogP contribution in [0.2, 0.25) is 0 Å². The lowest BCUT2D eigenvalue weighted by Crippen LogP contribution is -2.36. The number of hydrogen-bond donors (Lipinski definition) is 1. The fourth-order valence-corrected chi connectivity index (χ4v) is 3.89. The van der Waals surface area contributed by atoms with Crippen LogP contribution < -0.4 is 0 Å². The molecule has 0 unspecified atom stereocenters. The number of aliphatic hydroxyl groups excluding tert-OH is 1. The van der Waals surface area contributed by atoms with Gasteiger partial charge in [0.05, 0.1) is 11.4 Å². The lowest BCUT2D eigenvalue weighted by atomic mass is 9.98. The molecular weight excluding hydrogens is 353 g/mol. The summed E-state index contributed by atoms with van der Waals surface area (Å²) in [6.07, 6.45) is 4.26. The van der Waals surface area contributed by atoms with E-state index in [1.54, 1.807) is 12.1 Å². The first kappa shape index (κ1) is 18.8. The minimum absolute atomic E-state index is 0.240. The lowest BCUT2D eigenvalue weighted by molar-refractivity contribution is 0.116. The second-order valence-corrected chi connectivity index (χ2v) is 7.72. The highest BCUT2D eigenvalue weighted by Crippen LogP contribution is 2.27. The van der Waals surface area contributed by atoms with Gasteiger partial charge < -0.3 is 5.11 Å². The third-order valence-corrected chi connectivity index (χ3v) is 5.46. The van der Waals surface area contributed by atoms with Crippen LogP contribution in [0.25, 0.3) is 16.9 Å². The average Bonchev–Trinajstić information content (AvgIpc) is 3.13. The van der Waals surface area contributed by atoms with Crippen LogP contribution in [0.1, 0.15) is 24.0 Å². The van der Waals surface area contributed by atoms with Gasteiger partial charge in [0, 0.05) is 37.0 Å². The van der Waals surface area contributed by atoms with Gasteiger partial charge in [-0.3, -0.25) is 4.90 Å². The molecule has 2 heterocycles. The van der Waals surface area contributed by atoms with Crippen LogP contribution in [0.4, 0.5) is 4.39 Å². The van der Waals surface area contributed by atoms with Gasteiger partial charge in [0.1, 0.15) is 5.82 Å². The zero-order chi connectivity index (χ0) is 19.5. The van der Waals surface area contributed by atoms with E-state index in [1.807, 2.05) is 4.68 Å². The predicted octanol–water partition coefficient (Wildman–Crippen LogP) is 4.19. The molecule has 0 spiro atoms. The van der Waals surface area contributed by atoms with Crippen molar-refractivity contribution in [3.05, 3.63) is 71.7 Å². The first-order valence-electron chi connectivity index (χ1n) is 9.87. The molecule has 3 aromatic rings. The molecule has 1 N–H and O–H groups in total. The van der Waals surface area contributed by atoms with Crippen LogP contribution in [0.3, 0.4) is 0 Å². The number of aliphatic hydroxyl groups is 1. The Hall–Kier alpha value is -2.50. The molecule has 1 atom stereocenters. The van der Waals surface area contributed by atoms with E-state index in [0.717, 1.165) is 55.0 Å². The van der Waals surface area contributed by atoms with Crippen LogP contribution in [-0.4, -0.2) is 39.5 Å². The number of nitrogens with zero attached hydrogens (tertiary/aromatic N) is 3. The second kappa shape index (κ2) is 8.25. The maximum atomic E-state index is 13.4. The van der Waals surface area contributed by atoms with Crippen molar-refractivity contribution in [3.63, 3.8) is 0 Å². The number of aromatic nitrogens is 2. The molecule has 1 aromatic heterocycles. The molecule has 0 aliphatic carbocycles. The summed E-state index contributed by atoms with van der Waals surface area (Å²) in [6.45, 7) is 5.00. The lowest BCUT2D eigenvalue weighted by Gasteiger charge is -2.31. The Balaban J connectivity index is 1.68. The standard InChI is InChI=1S/C23H26FN3O/c1-17-4-10-22(11-5-17)27-15-20(14-26-12-2-3-18(13-26)16-28)23(25-27)19-6-8-21(24)9-7-19/h4-11,15,18,28H,2-3,12-14,16H2,1H3/t18-/m0/s1. The van der Waals surface area contributed by atoms with Crippen LogP contribution in [-0.2, 0) is 6.54 Å². The van der Waals surface area contributed by atoms with Crippen LogP contribution in [0.15, 0.2) is 54.7 Å². The van der Waals surface area contributed by atoms with Crippen LogP contribution in [0, 0.1) is 18.7 Å². The molecule has 146 valence electrons. The third kappa shape index (κ3) is 4.16. The highest BCUT2D eigenvalue weighted by molar-refractivity contribution is 5.63. The number of aryl methyl sites for hydroxylation is 1. The molecule has 0 radical (unpaired) electrons. The minimum atomic E-state index is -0.245. The van der Waals surface area contributed by atoms with Gasteiger partial charge in [-0.1, -0.05) is 17.7 Å². The van der Waals surface area contributed by atoms with E-state index in [9.17, 15) is 9.50 Å². The van der Waals surface area contributed by atoms with Crippen molar-refractivity contribution >= 4 is 0 Å². The van der Waals surface area contributed by atoms with Gasteiger partial charge in [0.15, 0.2) is 0 Å². The molecule has 2 aromatic carbocycles. The van der Waals surface area contributed by atoms with Crippen LogP contribution >= 0.6 is 0 Å². The number of rotatable bonds is 5. The number of likely N-dealkylation sites (tertiary alicyclic amines) is 1. The molecule has 1 aliphatic rings. The summed E-state index contributed by atoms with van der Waals surface area (Å²) in [5, 5.41) is 14.4. The number of halogens is 1. The van der Waals surface area contributed by atoms with E-state index in [0.29, 0.717) is 5.92 Å². The zero-order valence-electron chi connectivity index (χ0n) is 16.2. The van der Waals surface area contributed by atoms with Crippen molar-refractivity contribution in [2.75, 3.05) is 19.7 Å². The maximum Gasteiger partial charge on any atom is 0.123 e. The molecule has 0 amide bonds. The zero-order valence-corrected chi connectivity index (χ0v) is 16.2. The fraction of sp³-hybridized carbons (Fsp3) is 0.348. The van der Waals surface area contributed by atoms with E-state index in [1.165, 1.54) is 17.7 Å². The monoisotopic (exact) mass is 379 g/mol. The second-order valence-electron chi connectivity index (χ2n) is 7.72. The summed E-state index contributed by atoms with van der Waals surface area (Å²) in [5.74, 6) is 0.0975. The van der Waals surface area contributed by atoms with Crippen molar-refractivity contribution in [1.29, 1.82) is 0 Å². The van der Waals surface area contributed by atoms with Gasteiger partial charge >= 0.3 is 0 Å². The average molecular weight is 379 g/mol. The summed E-state index contributed by atoms with van der Waals surface area (Å²) >= 11 is 0. The third-order valence-electron chi connectivity index (χ3n) is 5.46. The first-order chi connectivity index (χ1) is 13.6. The SMILES string of the molecule is Cc1ccc(-n2cc(CN3CCC[C@H](CO)C3)c(-c3ccc(F)cc3)n2)cc1. The predicted molar refractivity (Wildman–Crippen MR) is 109 cm³/mol. The van der Waals surface area contributed by atoms with Crippen molar-refractivity contribution in [1.82, 2.24) is 14.7 Å². The van der Waals surface area contributed by atoms with Gasteiger partial charge in [0.25, 0.3) is 0 Å². The van der Waals surface area contributed by atoms with Gasteiger partial charge in [-0.2, -0.15) is 5.10 Å². The van der Waals surface area contributed by atoms with Crippen molar-refractivity contribution in [2.45, 2.75) is 26.3 Å². The summed E-state index contributed by atoms with van der Waals surface area (Å²) in [7, 11) is 0. The van der Waals surface area contributed by atoms with E-state index in [2.05, 4.69) is 42.3 Å². The molecule has 5 heteroatoms. The Labute approximate surface area is 165 Å². The fourth-order valence-electron chi connectivity index (χ4n) is 3.89. The molecule has 1 fully saturated rings. The summed E-state index contributed by atoms with van der Waals surface area (Å²) < 4.78 is 15.3. The number of benzene rings is 2. The summed E-state index contributed by atoms with van der Waals surface area (Å²) in [5.41, 5.74) is 5.13. The van der Waals surface area contributed by atoms with Gasteiger partial charge in [0.2, 0.25) is 0 Å². The summed E-state index contributed by atoms with van der Waals surface area (Å²) in [4.78, 5) is 2.38. The molecule has 0 saturated carbocycles. The van der Waals surface area contributed by atoms with Crippen molar-refractivity contribution in [2.24, 2.45) is 5.92 Å². The minimum Gasteiger partial charge on any atom is -0.396 e. The largest absolute Gasteiger partial charge is 0.396 e. The quantitative estimate of drug-likeness (QED) is 0.723. The maximum absolute atomic E-state index is 13.4. The topological polar surface area (TPSA) is 41.3 Å². The van der Waals surface area contributed by atoms with Crippen LogP contribution in [0.5, 0.6) is 0 Å². The molecule has 4 nitrogen and oxygen atoms in total. The highest BCUT2D eigenvalue weighted by Gasteiger charge is 2.22.